The number of nitrogens with one attached hydrogen (secondary N) is 1. The molecule has 0 fully saturated rings. The maximum atomic E-state index is 12.6. The molecule has 1 N–H and O–H groups in total. The van der Waals surface area contributed by atoms with Crippen molar-refractivity contribution in [2.24, 2.45) is 0 Å². The van der Waals surface area contributed by atoms with E-state index in [4.69, 9.17) is 25.8 Å². The first-order valence-electron chi connectivity index (χ1n) is 10.8. The molecule has 4 rings (SSSR count). The fourth-order valence-electron chi connectivity index (χ4n) is 3.30. The molecule has 1 amide bonds. The third kappa shape index (κ3) is 5.72. The van der Waals surface area contributed by atoms with Crippen LogP contribution < -0.4 is 25.1 Å². The summed E-state index contributed by atoms with van der Waals surface area (Å²) in [5, 5.41) is 3.15. The summed E-state index contributed by atoms with van der Waals surface area (Å²) in [7, 11) is 1.57. The van der Waals surface area contributed by atoms with Gasteiger partial charge >= 0.3 is 0 Å². The number of ether oxygens (including phenoxy) is 3. The second kappa shape index (κ2) is 10.5. The molecule has 0 atom stereocenters. The molecule has 0 aliphatic rings. The van der Waals surface area contributed by atoms with Gasteiger partial charge in [-0.25, -0.2) is 4.98 Å². The van der Waals surface area contributed by atoms with E-state index in [-0.39, 0.29) is 30.6 Å². The van der Waals surface area contributed by atoms with E-state index in [1.807, 2.05) is 13.8 Å². The van der Waals surface area contributed by atoms with Gasteiger partial charge in [0, 0.05) is 17.1 Å². The van der Waals surface area contributed by atoms with Crippen molar-refractivity contribution in [3.8, 4) is 17.2 Å². The van der Waals surface area contributed by atoms with E-state index in [2.05, 4.69) is 15.3 Å². The van der Waals surface area contributed by atoms with Gasteiger partial charge in [0.25, 0.3) is 17.2 Å². The van der Waals surface area contributed by atoms with Crippen molar-refractivity contribution in [2.75, 3.05) is 19.0 Å². The zero-order valence-electron chi connectivity index (χ0n) is 19.4. The Morgan fingerprint density at radius 1 is 1.09 bits per heavy atom. The highest BCUT2D eigenvalue weighted by Gasteiger charge is 2.13. The Kier molecular flexibility index (Phi) is 7.21. The van der Waals surface area contributed by atoms with Gasteiger partial charge < -0.3 is 19.5 Å². The van der Waals surface area contributed by atoms with Gasteiger partial charge in [0.05, 0.1) is 18.5 Å². The topological polar surface area (TPSA) is 109 Å². The Morgan fingerprint density at radius 2 is 1.83 bits per heavy atom. The molecule has 35 heavy (non-hydrogen) atoms. The standard InChI is InChI=1S/C24H24ClN5O5/c1-15(2)29-14-26-24-27-17(11-23(32)30(24)29)12-35-21-9-4-16(25)10-20(21)28-22(31)13-34-19-7-5-18(33-3)6-8-19/h4-11,14-15H,12-13H2,1-3H3,(H,28,31). The number of nitrogens with zero attached hydrogens (tertiary/aromatic N) is 4. The summed E-state index contributed by atoms with van der Waals surface area (Å²) in [4.78, 5) is 33.7. The molecule has 0 radical (unpaired) electrons. The Hall–Kier alpha value is -4.05. The number of fused-ring (bicyclic) bond motifs is 1. The molecule has 2 aromatic carbocycles. The van der Waals surface area contributed by atoms with E-state index in [0.29, 0.717) is 33.7 Å². The van der Waals surface area contributed by atoms with Crippen molar-refractivity contribution < 1.29 is 19.0 Å². The smallest absolute Gasteiger partial charge is 0.274 e. The van der Waals surface area contributed by atoms with Crippen molar-refractivity contribution in [2.45, 2.75) is 26.5 Å². The molecule has 0 bridgehead atoms. The molecule has 11 heteroatoms. The maximum Gasteiger partial charge on any atom is 0.274 e. The van der Waals surface area contributed by atoms with Gasteiger partial charge in [-0.1, -0.05) is 11.6 Å². The van der Waals surface area contributed by atoms with E-state index in [1.54, 1.807) is 60.6 Å². The summed E-state index contributed by atoms with van der Waals surface area (Å²) in [5.41, 5.74) is 0.502. The van der Waals surface area contributed by atoms with Crippen LogP contribution in [0.5, 0.6) is 17.2 Å². The van der Waals surface area contributed by atoms with Gasteiger partial charge in [-0.05, 0) is 56.3 Å². The highest BCUT2D eigenvalue weighted by molar-refractivity contribution is 6.31. The van der Waals surface area contributed by atoms with Gasteiger partial charge in [0.1, 0.15) is 30.2 Å². The lowest BCUT2D eigenvalue weighted by atomic mass is 10.3. The number of carbonyl (C=O) groups is 1. The first-order valence-corrected chi connectivity index (χ1v) is 11.2. The SMILES string of the molecule is COc1ccc(OCC(=O)Nc2cc(Cl)ccc2OCc2cc(=O)n3c(ncn3C(C)C)n2)cc1. The van der Waals surface area contributed by atoms with Crippen LogP contribution in [0.2, 0.25) is 5.02 Å². The molecule has 0 aliphatic carbocycles. The minimum Gasteiger partial charge on any atom is -0.497 e. The lowest BCUT2D eigenvalue weighted by Crippen LogP contribution is -2.23. The molecule has 10 nitrogen and oxygen atoms in total. The van der Waals surface area contributed by atoms with E-state index < -0.39 is 5.91 Å². The number of methoxy groups -OCH3 is 1. The lowest BCUT2D eigenvalue weighted by Gasteiger charge is -2.14. The first kappa shape index (κ1) is 24.1. The Labute approximate surface area is 206 Å². The molecule has 0 aliphatic heterocycles. The normalized spacial score (nSPS) is 11.0. The summed E-state index contributed by atoms with van der Waals surface area (Å²) in [6, 6.07) is 13.2. The van der Waals surface area contributed by atoms with Gasteiger partial charge in [0.2, 0.25) is 0 Å². The number of halogens is 1. The van der Waals surface area contributed by atoms with Crippen LogP contribution in [0.4, 0.5) is 5.69 Å². The minimum atomic E-state index is -0.398. The lowest BCUT2D eigenvalue weighted by molar-refractivity contribution is -0.118. The number of amides is 1. The van der Waals surface area contributed by atoms with Crippen molar-refractivity contribution in [1.29, 1.82) is 0 Å². The largest absolute Gasteiger partial charge is 0.497 e. The molecule has 0 saturated heterocycles. The van der Waals surface area contributed by atoms with Crippen LogP contribution in [0.15, 0.2) is 59.7 Å². The highest BCUT2D eigenvalue weighted by Crippen LogP contribution is 2.29. The highest BCUT2D eigenvalue weighted by atomic mass is 35.5. The number of hydrogen-bond donors (Lipinski definition) is 1. The van der Waals surface area contributed by atoms with Crippen molar-refractivity contribution in [1.82, 2.24) is 19.2 Å². The zero-order chi connectivity index (χ0) is 24.9. The molecule has 0 saturated carbocycles. The Morgan fingerprint density at radius 3 is 2.54 bits per heavy atom. The molecule has 0 unspecified atom stereocenters. The van der Waals surface area contributed by atoms with Crippen LogP contribution in [0.1, 0.15) is 25.6 Å². The van der Waals surface area contributed by atoms with Crippen LogP contribution in [0.25, 0.3) is 5.78 Å². The van der Waals surface area contributed by atoms with Crippen molar-refractivity contribution in [3.63, 3.8) is 0 Å². The molecule has 182 valence electrons. The van der Waals surface area contributed by atoms with Crippen molar-refractivity contribution in [3.05, 3.63) is 75.9 Å². The molecule has 0 spiro atoms. The number of carbonyl (C=O) groups excluding carboxylic acids is 1. The molecule has 4 aromatic rings. The number of benzene rings is 2. The fraction of sp³-hybridized carbons (Fsp3) is 0.250. The van der Waals surface area contributed by atoms with Crippen molar-refractivity contribution >= 4 is 29.0 Å². The Bertz CT molecular complexity index is 1400. The number of hydrogen-bond acceptors (Lipinski definition) is 7. The second-order valence-corrected chi connectivity index (χ2v) is 8.29. The minimum absolute atomic E-state index is 0.00682. The van der Waals surface area contributed by atoms with Gasteiger partial charge in [-0.2, -0.15) is 9.50 Å². The van der Waals surface area contributed by atoms with Crippen LogP contribution in [0.3, 0.4) is 0 Å². The van der Waals surface area contributed by atoms with Gasteiger partial charge in [-0.15, -0.1) is 0 Å². The average molecular weight is 498 g/mol. The number of aromatic nitrogens is 4. The quantitative estimate of drug-likeness (QED) is 0.375. The van der Waals surface area contributed by atoms with E-state index in [9.17, 15) is 9.59 Å². The molecule has 2 heterocycles. The number of rotatable bonds is 9. The predicted molar refractivity (Wildman–Crippen MR) is 131 cm³/mol. The molecular weight excluding hydrogens is 474 g/mol. The predicted octanol–water partition coefficient (Wildman–Crippen LogP) is 3.73. The molecular formula is C24H24ClN5O5. The summed E-state index contributed by atoms with van der Waals surface area (Å²) >= 11 is 6.12. The molecule has 2 aromatic heterocycles. The third-order valence-corrected chi connectivity index (χ3v) is 5.24. The van der Waals surface area contributed by atoms with Crippen LogP contribution in [-0.2, 0) is 11.4 Å². The summed E-state index contributed by atoms with van der Waals surface area (Å²) in [5.74, 6) is 1.46. The zero-order valence-corrected chi connectivity index (χ0v) is 20.2. The summed E-state index contributed by atoms with van der Waals surface area (Å²) in [6.07, 6.45) is 1.57. The number of anilines is 1. The second-order valence-electron chi connectivity index (χ2n) is 7.86. The van der Waals surface area contributed by atoms with Crippen LogP contribution >= 0.6 is 11.6 Å². The summed E-state index contributed by atoms with van der Waals surface area (Å²) < 4.78 is 19.6. The Balaban J connectivity index is 1.43. The van der Waals surface area contributed by atoms with Gasteiger partial charge in [0.15, 0.2) is 6.61 Å². The maximum absolute atomic E-state index is 12.6. The van der Waals surface area contributed by atoms with E-state index >= 15 is 0 Å². The van der Waals surface area contributed by atoms with Crippen LogP contribution in [0, 0.1) is 0 Å². The average Bonchev–Trinajstić information content (AvgIpc) is 3.28. The van der Waals surface area contributed by atoms with Gasteiger partial charge in [-0.3, -0.25) is 14.3 Å². The summed E-state index contributed by atoms with van der Waals surface area (Å²) in [6.45, 7) is 3.67. The fourth-order valence-corrected chi connectivity index (χ4v) is 3.47. The monoisotopic (exact) mass is 497 g/mol. The third-order valence-electron chi connectivity index (χ3n) is 5.00. The van der Waals surface area contributed by atoms with Crippen LogP contribution in [-0.4, -0.2) is 38.8 Å². The van der Waals surface area contributed by atoms with E-state index in [1.165, 1.54) is 10.6 Å². The first-order chi connectivity index (χ1) is 16.8. The van der Waals surface area contributed by atoms with E-state index in [0.717, 1.165) is 0 Å².